The number of hydrogen-bond donors (Lipinski definition) is 1. The van der Waals surface area contributed by atoms with E-state index in [1.807, 2.05) is 6.07 Å². The van der Waals surface area contributed by atoms with E-state index in [1.165, 1.54) is 12.0 Å². The molecule has 4 heteroatoms. The number of benzene rings is 1. The normalized spacial score (nSPS) is 12.3. The summed E-state index contributed by atoms with van der Waals surface area (Å²) in [5.41, 5.74) is 1.21. The topological polar surface area (TPSA) is 30.5 Å². The highest BCUT2D eigenvalue weighted by Gasteiger charge is 2.14. The van der Waals surface area contributed by atoms with Gasteiger partial charge in [0.1, 0.15) is 16.0 Å². The summed E-state index contributed by atoms with van der Waals surface area (Å²) in [7, 11) is 3.36. The van der Waals surface area contributed by atoms with Gasteiger partial charge in [0.15, 0.2) is 0 Å². The first-order valence-electron chi connectivity index (χ1n) is 6.74. The average Bonchev–Trinajstić information content (AvgIpc) is 2.39. The molecule has 0 saturated heterocycles. The second kappa shape index (κ2) is 8.43. The Hall–Kier alpha value is -0.740. The minimum Gasteiger partial charge on any atom is -0.495 e. The van der Waals surface area contributed by atoms with Crippen molar-refractivity contribution in [3.05, 3.63) is 22.2 Å². The fraction of sp³-hybridized carbons (Fsp3) is 0.600. The molecule has 0 radical (unpaired) electrons. The molecule has 0 aliphatic heterocycles. The lowest BCUT2D eigenvalue weighted by atomic mass is 10.00. The first-order valence-corrected chi connectivity index (χ1v) is 7.53. The van der Waals surface area contributed by atoms with Gasteiger partial charge in [-0.25, -0.2) is 0 Å². The van der Waals surface area contributed by atoms with Crippen molar-refractivity contribution < 1.29 is 9.47 Å². The number of nitrogens with one attached hydrogen (secondary N) is 1. The van der Waals surface area contributed by atoms with Gasteiger partial charge in [-0.3, -0.25) is 0 Å². The summed E-state index contributed by atoms with van der Waals surface area (Å²) < 4.78 is 11.7. The molecule has 0 spiro atoms. The monoisotopic (exact) mass is 329 g/mol. The summed E-state index contributed by atoms with van der Waals surface area (Å²) in [5, 5.41) is 3.45. The van der Waals surface area contributed by atoms with Crippen molar-refractivity contribution in [2.75, 3.05) is 27.3 Å². The molecule has 1 aromatic rings. The van der Waals surface area contributed by atoms with Crippen molar-refractivity contribution in [3.8, 4) is 11.5 Å². The van der Waals surface area contributed by atoms with Crippen LogP contribution in [0.2, 0.25) is 0 Å². The molecule has 1 atom stereocenters. The van der Waals surface area contributed by atoms with Crippen LogP contribution in [0.15, 0.2) is 16.6 Å². The van der Waals surface area contributed by atoms with Gasteiger partial charge in [0.25, 0.3) is 0 Å². The van der Waals surface area contributed by atoms with Crippen molar-refractivity contribution in [1.29, 1.82) is 0 Å². The smallest absolute Gasteiger partial charge is 0.140 e. The Morgan fingerprint density at radius 1 is 1.26 bits per heavy atom. The van der Waals surface area contributed by atoms with Crippen LogP contribution in [-0.2, 0) is 6.42 Å². The molecule has 0 aromatic heterocycles. The summed E-state index contributed by atoms with van der Waals surface area (Å²) in [4.78, 5) is 0. The average molecular weight is 330 g/mol. The molecule has 1 N–H and O–H groups in total. The zero-order valence-electron chi connectivity index (χ0n) is 12.3. The van der Waals surface area contributed by atoms with Crippen molar-refractivity contribution in [2.24, 2.45) is 5.92 Å². The molecule has 108 valence electrons. The maximum absolute atomic E-state index is 5.50. The molecule has 1 unspecified atom stereocenters. The molecular formula is C15H24BrNO2. The molecule has 19 heavy (non-hydrogen) atoms. The van der Waals surface area contributed by atoms with Gasteiger partial charge >= 0.3 is 0 Å². The molecule has 0 amide bonds. The summed E-state index contributed by atoms with van der Waals surface area (Å²) in [6.07, 6.45) is 2.16. The third kappa shape index (κ3) is 4.69. The van der Waals surface area contributed by atoms with Crippen molar-refractivity contribution in [1.82, 2.24) is 5.32 Å². The van der Waals surface area contributed by atoms with Gasteiger partial charge in [0, 0.05) is 0 Å². The fourth-order valence-corrected chi connectivity index (χ4v) is 2.80. The van der Waals surface area contributed by atoms with Crippen LogP contribution in [0.1, 0.15) is 25.8 Å². The Kier molecular flexibility index (Phi) is 7.24. The number of rotatable bonds is 8. The molecule has 1 rings (SSSR count). The minimum absolute atomic E-state index is 0.570. The standard InChI is InChI=1S/C15H24BrNO2/c1-5-8-17-10-11(2)9-12-6-7-13(18-3)14(16)15(12)19-4/h6-7,11,17H,5,8-10H2,1-4H3. The lowest BCUT2D eigenvalue weighted by Crippen LogP contribution is -2.23. The molecule has 0 aliphatic carbocycles. The Labute approximate surface area is 124 Å². The lowest BCUT2D eigenvalue weighted by Gasteiger charge is -2.17. The van der Waals surface area contributed by atoms with E-state index >= 15 is 0 Å². The summed E-state index contributed by atoms with van der Waals surface area (Å²) >= 11 is 3.54. The van der Waals surface area contributed by atoms with Crippen LogP contribution in [0.25, 0.3) is 0 Å². The van der Waals surface area contributed by atoms with Gasteiger partial charge in [-0.2, -0.15) is 0 Å². The molecule has 0 saturated carbocycles. The van der Waals surface area contributed by atoms with Crippen LogP contribution >= 0.6 is 15.9 Å². The van der Waals surface area contributed by atoms with Gasteiger partial charge in [0.05, 0.1) is 14.2 Å². The zero-order chi connectivity index (χ0) is 14.3. The molecular weight excluding hydrogens is 306 g/mol. The summed E-state index contributed by atoms with van der Waals surface area (Å²) in [5.74, 6) is 2.25. The second-order valence-electron chi connectivity index (χ2n) is 4.79. The van der Waals surface area contributed by atoms with E-state index in [-0.39, 0.29) is 0 Å². The number of halogens is 1. The fourth-order valence-electron chi connectivity index (χ4n) is 2.09. The number of hydrogen-bond acceptors (Lipinski definition) is 3. The number of ether oxygens (including phenoxy) is 2. The molecule has 0 fully saturated rings. The van der Waals surface area contributed by atoms with Crippen LogP contribution in [0.4, 0.5) is 0 Å². The van der Waals surface area contributed by atoms with E-state index in [1.54, 1.807) is 14.2 Å². The van der Waals surface area contributed by atoms with Crippen LogP contribution in [0.5, 0.6) is 11.5 Å². The highest BCUT2D eigenvalue weighted by molar-refractivity contribution is 9.10. The largest absolute Gasteiger partial charge is 0.495 e. The predicted octanol–water partition coefficient (Wildman–Crippen LogP) is 3.64. The number of methoxy groups -OCH3 is 2. The Morgan fingerprint density at radius 3 is 2.58 bits per heavy atom. The van der Waals surface area contributed by atoms with Gasteiger partial charge in [-0.1, -0.05) is 19.9 Å². The van der Waals surface area contributed by atoms with Crippen molar-refractivity contribution in [2.45, 2.75) is 26.7 Å². The molecule has 0 aliphatic rings. The maximum atomic E-state index is 5.50. The highest BCUT2D eigenvalue weighted by atomic mass is 79.9. The Morgan fingerprint density at radius 2 is 2.00 bits per heavy atom. The third-order valence-electron chi connectivity index (χ3n) is 3.06. The lowest BCUT2D eigenvalue weighted by molar-refractivity contribution is 0.383. The van der Waals surface area contributed by atoms with Gasteiger partial charge in [-0.05, 0) is 59.4 Å². The zero-order valence-corrected chi connectivity index (χ0v) is 13.8. The van der Waals surface area contributed by atoms with E-state index in [4.69, 9.17) is 9.47 Å². The molecule has 0 heterocycles. The van der Waals surface area contributed by atoms with Crippen LogP contribution < -0.4 is 14.8 Å². The van der Waals surface area contributed by atoms with Crippen molar-refractivity contribution in [3.63, 3.8) is 0 Å². The van der Waals surface area contributed by atoms with Gasteiger partial charge < -0.3 is 14.8 Å². The van der Waals surface area contributed by atoms with E-state index in [0.717, 1.165) is 35.5 Å². The highest BCUT2D eigenvalue weighted by Crippen LogP contribution is 2.37. The predicted molar refractivity (Wildman–Crippen MR) is 83.3 cm³/mol. The molecule has 0 bridgehead atoms. The Balaban J connectivity index is 2.75. The third-order valence-corrected chi connectivity index (χ3v) is 3.81. The molecule has 3 nitrogen and oxygen atoms in total. The van der Waals surface area contributed by atoms with E-state index in [2.05, 4.69) is 41.2 Å². The van der Waals surface area contributed by atoms with Crippen LogP contribution in [0.3, 0.4) is 0 Å². The maximum Gasteiger partial charge on any atom is 0.140 e. The SMILES string of the molecule is CCCNCC(C)Cc1ccc(OC)c(Br)c1OC. The minimum atomic E-state index is 0.570. The first kappa shape index (κ1) is 16.3. The van der Waals surface area contributed by atoms with Gasteiger partial charge in [0.2, 0.25) is 0 Å². The Bertz CT molecular complexity index is 396. The second-order valence-corrected chi connectivity index (χ2v) is 5.58. The van der Waals surface area contributed by atoms with E-state index < -0.39 is 0 Å². The quantitative estimate of drug-likeness (QED) is 0.738. The summed E-state index contributed by atoms with van der Waals surface area (Å²) in [6.45, 7) is 6.54. The van der Waals surface area contributed by atoms with Crippen molar-refractivity contribution >= 4 is 15.9 Å². The van der Waals surface area contributed by atoms with Gasteiger partial charge in [-0.15, -0.1) is 0 Å². The van der Waals surface area contributed by atoms with E-state index in [9.17, 15) is 0 Å². The van der Waals surface area contributed by atoms with E-state index in [0.29, 0.717) is 5.92 Å². The summed E-state index contributed by atoms with van der Waals surface area (Å²) in [6, 6.07) is 4.06. The van der Waals surface area contributed by atoms with Crippen LogP contribution in [0, 0.1) is 5.92 Å². The first-order chi connectivity index (χ1) is 9.13. The molecule has 1 aromatic carbocycles. The van der Waals surface area contributed by atoms with Crippen LogP contribution in [-0.4, -0.2) is 27.3 Å².